The number of aromatic nitrogens is 4. The van der Waals surface area contributed by atoms with Gasteiger partial charge in [-0.05, 0) is 43.9 Å². The van der Waals surface area contributed by atoms with E-state index in [0.29, 0.717) is 23.9 Å². The van der Waals surface area contributed by atoms with Gasteiger partial charge in [-0.25, -0.2) is 9.67 Å². The molecule has 8 heteroatoms. The van der Waals surface area contributed by atoms with Crippen molar-refractivity contribution in [3.05, 3.63) is 64.0 Å². The van der Waals surface area contributed by atoms with E-state index in [1.54, 1.807) is 12.5 Å². The first-order valence-corrected chi connectivity index (χ1v) is 10.3. The molecule has 2 aliphatic rings. The molecular formula is C21H22ClN5O2. The number of halogens is 1. The number of imidazole rings is 1. The average molecular weight is 412 g/mol. The first-order valence-electron chi connectivity index (χ1n) is 9.88. The summed E-state index contributed by atoms with van der Waals surface area (Å²) in [5, 5.41) is 8.26. The zero-order chi connectivity index (χ0) is 20.0. The summed E-state index contributed by atoms with van der Waals surface area (Å²) in [4.78, 5) is 17.3. The molecule has 5 rings (SSSR count). The molecule has 29 heavy (non-hydrogen) atoms. The minimum absolute atomic E-state index is 0.163. The Balaban J connectivity index is 1.43. The van der Waals surface area contributed by atoms with Gasteiger partial charge in [0, 0.05) is 12.1 Å². The van der Waals surface area contributed by atoms with Gasteiger partial charge in [0.15, 0.2) is 0 Å². The summed E-state index contributed by atoms with van der Waals surface area (Å²) >= 11 is 6.40. The Kier molecular flexibility index (Phi) is 4.64. The number of rotatable bonds is 3. The first-order chi connectivity index (χ1) is 14.1. The zero-order valence-corrected chi connectivity index (χ0v) is 16.9. The van der Waals surface area contributed by atoms with E-state index in [1.807, 2.05) is 29.8 Å². The fourth-order valence-corrected chi connectivity index (χ4v) is 4.35. The van der Waals surface area contributed by atoms with Crippen molar-refractivity contribution in [2.75, 3.05) is 6.61 Å². The quantitative estimate of drug-likeness (QED) is 0.717. The van der Waals surface area contributed by atoms with Crippen LogP contribution < -0.4 is 5.32 Å². The van der Waals surface area contributed by atoms with Crippen LogP contribution in [0.3, 0.4) is 0 Å². The molecule has 1 N–H and O–H groups in total. The topological polar surface area (TPSA) is 74.0 Å². The van der Waals surface area contributed by atoms with Crippen molar-refractivity contribution < 1.29 is 9.53 Å². The van der Waals surface area contributed by atoms with E-state index in [9.17, 15) is 4.79 Å². The van der Waals surface area contributed by atoms with Crippen molar-refractivity contribution in [2.24, 2.45) is 0 Å². The Labute approximate surface area is 173 Å². The third-order valence-corrected chi connectivity index (χ3v) is 5.98. The van der Waals surface area contributed by atoms with Gasteiger partial charge in [0.1, 0.15) is 5.69 Å². The summed E-state index contributed by atoms with van der Waals surface area (Å²) in [7, 11) is 0. The van der Waals surface area contributed by atoms with Crippen LogP contribution >= 0.6 is 11.6 Å². The van der Waals surface area contributed by atoms with Gasteiger partial charge >= 0.3 is 0 Å². The molecule has 0 fully saturated rings. The lowest BCUT2D eigenvalue weighted by molar-refractivity contribution is 0.0684. The van der Waals surface area contributed by atoms with Crippen LogP contribution in [0.25, 0.3) is 5.69 Å². The minimum Gasteiger partial charge on any atom is -0.373 e. The van der Waals surface area contributed by atoms with Crippen LogP contribution in [0.4, 0.5) is 0 Å². The van der Waals surface area contributed by atoms with Crippen LogP contribution in [0, 0.1) is 6.92 Å². The lowest BCUT2D eigenvalue weighted by Crippen LogP contribution is -2.35. The highest BCUT2D eigenvalue weighted by molar-refractivity contribution is 6.32. The Hall–Kier alpha value is -2.64. The van der Waals surface area contributed by atoms with Gasteiger partial charge in [-0.2, -0.15) is 5.10 Å². The van der Waals surface area contributed by atoms with Gasteiger partial charge in [-0.1, -0.05) is 17.7 Å². The molecular weight excluding hydrogens is 390 g/mol. The number of hydrogen-bond donors (Lipinski definition) is 1. The van der Waals surface area contributed by atoms with E-state index in [0.717, 1.165) is 54.0 Å². The lowest BCUT2D eigenvalue weighted by Gasteiger charge is -2.25. The Morgan fingerprint density at radius 3 is 3.10 bits per heavy atom. The second kappa shape index (κ2) is 7.31. The second-order valence-electron chi connectivity index (χ2n) is 7.64. The summed E-state index contributed by atoms with van der Waals surface area (Å²) in [6.45, 7) is 3.77. The van der Waals surface area contributed by atoms with Crippen molar-refractivity contribution in [2.45, 2.75) is 45.4 Å². The molecule has 7 nitrogen and oxygen atoms in total. The highest BCUT2D eigenvalue weighted by atomic mass is 35.5. The normalized spacial score (nSPS) is 18.2. The van der Waals surface area contributed by atoms with Crippen molar-refractivity contribution >= 4 is 17.5 Å². The van der Waals surface area contributed by atoms with E-state index in [2.05, 4.69) is 20.0 Å². The highest BCUT2D eigenvalue weighted by Gasteiger charge is 2.29. The summed E-state index contributed by atoms with van der Waals surface area (Å²) in [6.07, 6.45) is 6.67. The van der Waals surface area contributed by atoms with Gasteiger partial charge in [-0.3, -0.25) is 4.79 Å². The van der Waals surface area contributed by atoms with E-state index in [1.165, 1.54) is 0 Å². The Bertz CT molecular complexity index is 1090. The summed E-state index contributed by atoms with van der Waals surface area (Å²) in [5.41, 5.74) is 5.31. The molecule has 0 spiro atoms. The summed E-state index contributed by atoms with van der Waals surface area (Å²) in [5.74, 6) is -0.163. The Morgan fingerprint density at radius 2 is 2.21 bits per heavy atom. The van der Waals surface area contributed by atoms with Crippen LogP contribution in [0.2, 0.25) is 5.02 Å². The van der Waals surface area contributed by atoms with Crippen LogP contribution in [0.5, 0.6) is 0 Å². The lowest BCUT2D eigenvalue weighted by atomic mass is 10.0. The minimum atomic E-state index is -0.274. The summed E-state index contributed by atoms with van der Waals surface area (Å²) < 4.78 is 9.68. The molecule has 3 aromatic rings. The number of hydrogen-bond acceptors (Lipinski definition) is 4. The molecule has 0 bridgehead atoms. The molecule has 4 heterocycles. The monoisotopic (exact) mass is 411 g/mol. The molecule has 1 amide bonds. The standard InChI is InChI=1S/C21H22ClN5O2/c1-13-5-6-15(22)18(8-13)27-19-11-29-10-16(14(19)9-24-27)25-21(28)20-17-4-2-3-7-26(17)12-23-20/h5-6,8-9,12,16H,2-4,7,10-11H2,1H3,(H,25,28). The van der Waals surface area contributed by atoms with Gasteiger partial charge in [0.05, 0.1) is 53.9 Å². The van der Waals surface area contributed by atoms with Crippen molar-refractivity contribution in [3.63, 3.8) is 0 Å². The maximum Gasteiger partial charge on any atom is 0.272 e. The van der Waals surface area contributed by atoms with Gasteiger partial charge in [-0.15, -0.1) is 0 Å². The number of ether oxygens (including phenoxy) is 1. The number of fused-ring (bicyclic) bond motifs is 2. The van der Waals surface area contributed by atoms with E-state index in [4.69, 9.17) is 16.3 Å². The average Bonchev–Trinajstić information content (AvgIpc) is 3.35. The molecule has 1 atom stereocenters. The van der Waals surface area contributed by atoms with E-state index >= 15 is 0 Å². The maximum atomic E-state index is 12.9. The SMILES string of the molecule is Cc1ccc(Cl)c(-n2ncc3c2COCC3NC(=O)c2ncn3c2CCCC3)c1. The molecule has 0 radical (unpaired) electrons. The molecule has 1 aromatic carbocycles. The molecule has 0 saturated heterocycles. The third kappa shape index (κ3) is 3.24. The van der Waals surface area contributed by atoms with Crippen molar-refractivity contribution in [3.8, 4) is 5.69 Å². The fraction of sp³-hybridized carbons (Fsp3) is 0.381. The summed E-state index contributed by atoms with van der Waals surface area (Å²) in [6, 6.07) is 5.55. The second-order valence-corrected chi connectivity index (χ2v) is 8.05. The highest BCUT2D eigenvalue weighted by Crippen LogP contribution is 2.30. The number of amides is 1. The van der Waals surface area contributed by atoms with Crippen LogP contribution in [0.1, 0.15) is 51.9 Å². The number of benzene rings is 1. The molecule has 0 aliphatic carbocycles. The van der Waals surface area contributed by atoms with Gasteiger partial charge < -0.3 is 14.6 Å². The number of nitrogens with zero attached hydrogens (tertiary/aromatic N) is 4. The van der Waals surface area contributed by atoms with Gasteiger partial charge in [0.2, 0.25) is 0 Å². The van der Waals surface area contributed by atoms with Crippen LogP contribution in [-0.4, -0.2) is 31.8 Å². The van der Waals surface area contributed by atoms with Crippen LogP contribution in [-0.2, 0) is 24.3 Å². The van der Waals surface area contributed by atoms with Gasteiger partial charge in [0.25, 0.3) is 5.91 Å². The van der Waals surface area contributed by atoms with Crippen molar-refractivity contribution in [1.82, 2.24) is 24.6 Å². The predicted molar refractivity (Wildman–Crippen MR) is 108 cm³/mol. The zero-order valence-electron chi connectivity index (χ0n) is 16.2. The molecule has 150 valence electrons. The van der Waals surface area contributed by atoms with Crippen molar-refractivity contribution in [1.29, 1.82) is 0 Å². The molecule has 2 aliphatic heterocycles. The third-order valence-electron chi connectivity index (χ3n) is 5.66. The fourth-order valence-electron chi connectivity index (χ4n) is 4.15. The number of carbonyl (C=O) groups excluding carboxylic acids is 1. The number of carbonyl (C=O) groups is 1. The molecule has 0 saturated carbocycles. The molecule has 2 aromatic heterocycles. The largest absolute Gasteiger partial charge is 0.373 e. The maximum absolute atomic E-state index is 12.9. The molecule has 1 unspecified atom stereocenters. The Morgan fingerprint density at radius 1 is 1.31 bits per heavy atom. The first kappa shape index (κ1) is 18.4. The van der Waals surface area contributed by atoms with Crippen LogP contribution in [0.15, 0.2) is 30.7 Å². The van der Waals surface area contributed by atoms with E-state index in [-0.39, 0.29) is 11.9 Å². The van der Waals surface area contributed by atoms with E-state index < -0.39 is 0 Å². The number of nitrogens with one attached hydrogen (secondary N) is 1. The predicted octanol–water partition coefficient (Wildman–Crippen LogP) is 3.37. The number of aryl methyl sites for hydroxylation is 2. The smallest absolute Gasteiger partial charge is 0.272 e.